The average molecular weight is 270 g/mol. The van der Waals surface area contributed by atoms with Gasteiger partial charge in [0, 0.05) is 5.56 Å². The Morgan fingerprint density at radius 1 is 1.00 bits per heavy atom. The summed E-state index contributed by atoms with van der Waals surface area (Å²) < 4.78 is 10.6. The molecule has 0 unspecified atom stereocenters. The first-order valence-corrected chi connectivity index (χ1v) is 6.47. The van der Waals surface area contributed by atoms with E-state index in [0.29, 0.717) is 17.1 Å². The number of ether oxygens (including phenoxy) is 2. The van der Waals surface area contributed by atoms with Crippen LogP contribution in [0.25, 0.3) is 0 Å². The zero-order valence-electron chi connectivity index (χ0n) is 12.0. The number of carbonyl (C=O) groups is 1. The number of hydrogen-bond acceptors (Lipinski definition) is 3. The van der Waals surface area contributed by atoms with Crippen molar-refractivity contribution in [2.45, 2.75) is 13.8 Å². The highest BCUT2D eigenvalue weighted by Crippen LogP contribution is 2.17. The fourth-order valence-corrected chi connectivity index (χ4v) is 1.83. The lowest BCUT2D eigenvalue weighted by atomic mass is 10.1. The van der Waals surface area contributed by atoms with E-state index in [1.807, 2.05) is 32.0 Å². The molecule has 0 heterocycles. The molecule has 104 valence electrons. The molecule has 20 heavy (non-hydrogen) atoms. The second-order valence-corrected chi connectivity index (χ2v) is 4.69. The number of Topliss-reactive ketones (excluding diaryl/α,β-unsaturated/α-hetero) is 1. The zero-order chi connectivity index (χ0) is 14.5. The number of benzene rings is 2. The van der Waals surface area contributed by atoms with Gasteiger partial charge in [-0.25, -0.2) is 0 Å². The van der Waals surface area contributed by atoms with Crippen molar-refractivity contribution in [2.24, 2.45) is 0 Å². The van der Waals surface area contributed by atoms with Crippen LogP contribution in [-0.2, 0) is 0 Å². The molecule has 3 heteroatoms. The minimum atomic E-state index is -0.0675. The van der Waals surface area contributed by atoms with Crippen molar-refractivity contribution in [3.8, 4) is 11.5 Å². The summed E-state index contributed by atoms with van der Waals surface area (Å²) in [5, 5.41) is 0. The largest absolute Gasteiger partial charge is 0.497 e. The Morgan fingerprint density at radius 2 is 1.80 bits per heavy atom. The van der Waals surface area contributed by atoms with Gasteiger partial charge in [-0.05, 0) is 49.2 Å². The third-order valence-electron chi connectivity index (χ3n) is 3.24. The van der Waals surface area contributed by atoms with Gasteiger partial charge in [-0.2, -0.15) is 0 Å². The predicted octanol–water partition coefficient (Wildman–Crippen LogP) is 3.57. The molecule has 2 aromatic rings. The molecular weight excluding hydrogens is 252 g/mol. The number of hydrogen-bond donors (Lipinski definition) is 0. The molecule has 0 spiro atoms. The molecule has 0 bridgehead atoms. The monoisotopic (exact) mass is 270 g/mol. The summed E-state index contributed by atoms with van der Waals surface area (Å²) in [6.45, 7) is 4.09. The molecule has 0 radical (unpaired) electrons. The zero-order valence-corrected chi connectivity index (χ0v) is 12.0. The topological polar surface area (TPSA) is 35.5 Å². The van der Waals surface area contributed by atoms with E-state index in [1.165, 1.54) is 5.56 Å². The van der Waals surface area contributed by atoms with Crippen LogP contribution in [0.4, 0.5) is 0 Å². The minimum absolute atomic E-state index is 0.0235. The standard InChI is InChI=1S/C17H18O3/c1-12-7-8-16(9-13(12)2)20-11-17(18)14-5-4-6-15(10-14)19-3/h4-10H,11H2,1-3H3. The van der Waals surface area contributed by atoms with Gasteiger partial charge >= 0.3 is 0 Å². The lowest BCUT2D eigenvalue weighted by Crippen LogP contribution is -2.11. The van der Waals surface area contributed by atoms with Gasteiger partial charge < -0.3 is 9.47 Å². The molecule has 2 aromatic carbocycles. The summed E-state index contributed by atoms with van der Waals surface area (Å²) in [5.41, 5.74) is 2.95. The number of ketones is 1. The molecule has 0 N–H and O–H groups in total. The first-order valence-electron chi connectivity index (χ1n) is 6.47. The van der Waals surface area contributed by atoms with Crippen molar-refractivity contribution in [3.63, 3.8) is 0 Å². The molecule has 3 nitrogen and oxygen atoms in total. The SMILES string of the molecule is COc1cccc(C(=O)COc2ccc(C)c(C)c2)c1. The molecule has 0 aliphatic carbocycles. The Labute approximate surface area is 119 Å². The Balaban J connectivity index is 2.02. The van der Waals surface area contributed by atoms with Crippen molar-refractivity contribution in [3.05, 3.63) is 59.2 Å². The summed E-state index contributed by atoms with van der Waals surface area (Å²) in [7, 11) is 1.58. The molecule has 0 saturated heterocycles. The first-order chi connectivity index (χ1) is 9.60. The normalized spacial score (nSPS) is 10.2. The van der Waals surface area contributed by atoms with E-state index in [0.717, 1.165) is 5.56 Å². The maximum absolute atomic E-state index is 12.1. The van der Waals surface area contributed by atoms with Crippen LogP contribution in [0.5, 0.6) is 11.5 Å². The van der Waals surface area contributed by atoms with E-state index in [1.54, 1.807) is 31.4 Å². The van der Waals surface area contributed by atoms with Crippen LogP contribution in [0, 0.1) is 13.8 Å². The Hall–Kier alpha value is -2.29. The number of aryl methyl sites for hydroxylation is 2. The van der Waals surface area contributed by atoms with E-state index in [2.05, 4.69) is 0 Å². The van der Waals surface area contributed by atoms with Gasteiger partial charge in [0.05, 0.1) is 7.11 Å². The van der Waals surface area contributed by atoms with Crippen molar-refractivity contribution in [1.29, 1.82) is 0 Å². The van der Waals surface area contributed by atoms with Crippen LogP contribution in [0.1, 0.15) is 21.5 Å². The Bertz CT molecular complexity index is 617. The van der Waals surface area contributed by atoms with Crippen LogP contribution in [0.3, 0.4) is 0 Å². The summed E-state index contributed by atoms with van der Waals surface area (Å²) in [6, 6.07) is 12.9. The molecule has 0 fully saturated rings. The van der Waals surface area contributed by atoms with E-state index in [9.17, 15) is 4.79 Å². The summed E-state index contributed by atoms with van der Waals surface area (Å²) in [6.07, 6.45) is 0. The highest BCUT2D eigenvalue weighted by Gasteiger charge is 2.08. The molecule has 0 aromatic heterocycles. The highest BCUT2D eigenvalue weighted by molar-refractivity contribution is 5.97. The van der Waals surface area contributed by atoms with Gasteiger partial charge in [0.2, 0.25) is 0 Å². The number of carbonyl (C=O) groups excluding carboxylic acids is 1. The van der Waals surface area contributed by atoms with Crippen LogP contribution in [-0.4, -0.2) is 19.5 Å². The van der Waals surface area contributed by atoms with Gasteiger partial charge in [-0.3, -0.25) is 4.79 Å². The Kier molecular flexibility index (Phi) is 4.41. The molecular formula is C17H18O3. The van der Waals surface area contributed by atoms with Gasteiger partial charge in [-0.1, -0.05) is 18.2 Å². The third-order valence-corrected chi connectivity index (χ3v) is 3.24. The molecule has 0 aliphatic heterocycles. The van der Waals surface area contributed by atoms with E-state index >= 15 is 0 Å². The van der Waals surface area contributed by atoms with Crippen LogP contribution in [0.2, 0.25) is 0 Å². The second kappa shape index (κ2) is 6.24. The maximum atomic E-state index is 12.1. The fourth-order valence-electron chi connectivity index (χ4n) is 1.83. The average Bonchev–Trinajstić information content (AvgIpc) is 2.48. The molecule has 2 rings (SSSR count). The van der Waals surface area contributed by atoms with E-state index in [4.69, 9.17) is 9.47 Å². The van der Waals surface area contributed by atoms with E-state index in [-0.39, 0.29) is 12.4 Å². The van der Waals surface area contributed by atoms with Crippen LogP contribution < -0.4 is 9.47 Å². The minimum Gasteiger partial charge on any atom is -0.497 e. The van der Waals surface area contributed by atoms with Crippen LogP contribution >= 0.6 is 0 Å². The van der Waals surface area contributed by atoms with Gasteiger partial charge in [0.25, 0.3) is 0 Å². The summed E-state index contributed by atoms with van der Waals surface area (Å²) >= 11 is 0. The van der Waals surface area contributed by atoms with E-state index < -0.39 is 0 Å². The van der Waals surface area contributed by atoms with Gasteiger partial charge in [0.1, 0.15) is 11.5 Å². The quantitative estimate of drug-likeness (QED) is 0.779. The van der Waals surface area contributed by atoms with Crippen molar-refractivity contribution in [2.75, 3.05) is 13.7 Å². The van der Waals surface area contributed by atoms with Crippen molar-refractivity contribution in [1.82, 2.24) is 0 Å². The molecule has 0 saturated carbocycles. The molecule has 0 amide bonds. The number of rotatable bonds is 5. The smallest absolute Gasteiger partial charge is 0.200 e. The van der Waals surface area contributed by atoms with Crippen LogP contribution in [0.15, 0.2) is 42.5 Å². The van der Waals surface area contributed by atoms with Crippen molar-refractivity contribution >= 4 is 5.78 Å². The lowest BCUT2D eigenvalue weighted by molar-refractivity contribution is 0.0921. The summed E-state index contributed by atoms with van der Waals surface area (Å²) in [5.74, 6) is 1.31. The fraction of sp³-hybridized carbons (Fsp3) is 0.235. The lowest BCUT2D eigenvalue weighted by Gasteiger charge is -2.08. The summed E-state index contributed by atoms with van der Waals surface area (Å²) in [4.78, 5) is 12.1. The first kappa shape index (κ1) is 14.1. The van der Waals surface area contributed by atoms with Gasteiger partial charge in [-0.15, -0.1) is 0 Å². The molecule has 0 aliphatic rings. The third kappa shape index (κ3) is 3.38. The van der Waals surface area contributed by atoms with Crippen molar-refractivity contribution < 1.29 is 14.3 Å². The maximum Gasteiger partial charge on any atom is 0.200 e. The number of methoxy groups -OCH3 is 1. The highest BCUT2D eigenvalue weighted by atomic mass is 16.5. The molecule has 0 atom stereocenters. The Morgan fingerprint density at radius 3 is 2.50 bits per heavy atom. The van der Waals surface area contributed by atoms with Gasteiger partial charge in [0.15, 0.2) is 12.4 Å². The second-order valence-electron chi connectivity index (χ2n) is 4.69. The predicted molar refractivity (Wildman–Crippen MR) is 78.7 cm³/mol.